The van der Waals surface area contributed by atoms with Crippen LogP contribution < -0.4 is 3.71 Å². The molecule has 1 N–H and O–H groups in total. The van der Waals surface area contributed by atoms with Gasteiger partial charge in [-0.3, -0.25) is 0 Å². The molecule has 36 heavy (non-hydrogen) atoms. The van der Waals surface area contributed by atoms with Gasteiger partial charge in [0.1, 0.15) is 0 Å². The molecule has 0 saturated heterocycles. The molecule has 0 spiro atoms. The fraction of sp³-hybridized carbons (Fsp3) is 0.500. The van der Waals surface area contributed by atoms with Crippen molar-refractivity contribution in [2.75, 3.05) is 0 Å². The van der Waals surface area contributed by atoms with Gasteiger partial charge in [-0.2, -0.15) is 0 Å². The van der Waals surface area contributed by atoms with Crippen molar-refractivity contribution in [3.63, 3.8) is 0 Å². The summed E-state index contributed by atoms with van der Waals surface area (Å²) in [5, 5.41) is 0.557. The molecule has 196 valence electrons. The zero-order chi connectivity index (χ0) is 26.3. The fourth-order valence-electron chi connectivity index (χ4n) is 4.53. The number of benzene rings is 1. The third kappa shape index (κ3) is 7.16. The summed E-state index contributed by atoms with van der Waals surface area (Å²) >= 11 is 9.27. The van der Waals surface area contributed by atoms with Crippen LogP contribution in [0.15, 0.2) is 30.5 Å². The maximum atomic E-state index is 13.8. The van der Waals surface area contributed by atoms with E-state index in [1.165, 1.54) is 44.7 Å². The molecule has 0 bridgehead atoms. The number of nitrogens with one attached hydrogen (secondary N) is 1. The van der Waals surface area contributed by atoms with Gasteiger partial charge >= 0.3 is 226 Å². The Balaban J connectivity index is 2.10. The third-order valence-corrected chi connectivity index (χ3v) is 22.6. The van der Waals surface area contributed by atoms with E-state index in [2.05, 4.69) is 40.7 Å². The summed E-state index contributed by atoms with van der Waals surface area (Å²) in [5.74, 6) is 0.210. The van der Waals surface area contributed by atoms with Crippen LogP contribution in [0.1, 0.15) is 65.0 Å². The number of halogens is 5. The Bertz CT molecular complexity index is 1130. The molecule has 0 saturated carbocycles. The van der Waals surface area contributed by atoms with E-state index in [9.17, 15) is 13.2 Å². The topological polar surface area (TPSA) is 54.5 Å². The first-order valence-electron chi connectivity index (χ1n) is 12.6. The molecule has 10 heteroatoms. The molecule has 0 aliphatic rings. The van der Waals surface area contributed by atoms with Crippen molar-refractivity contribution in [2.24, 2.45) is 0 Å². The molecule has 0 amide bonds. The van der Waals surface area contributed by atoms with Crippen molar-refractivity contribution in [1.29, 1.82) is 0 Å². The van der Waals surface area contributed by atoms with Gasteiger partial charge in [-0.15, -0.1) is 0 Å². The molecule has 3 rings (SSSR count). The molecular formula is C26H33Cl2F3N4Sn. The third-order valence-electron chi connectivity index (χ3n) is 6.62. The van der Waals surface area contributed by atoms with Gasteiger partial charge in [0.05, 0.1) is 0 Å². The van der Waals surface area contributed by atoms with Gasteiger partial charge in [-0.1, -0.05) is 0 Å². The summed E-state index contributed by atoms with van der Waals surface area (Å²) in [7, 11) is 0. The SMILES string of the molecule is CCC[CH2][Sn]([CH2]CCC)([CH2]CCC)[c]1cnc(-c2nc(-c3ccc(Cl)c(Cl)c3)cc(C(F)(F)F)n2)[nH]1. The Kier molecular flexibility index (Phi) is 10.5. The average Bonchev–Trinajstić information content (AvgIpc) is 3.36. The van der Waals surface area contributed by atoms with E-state index in [4.69, 9.17) is 23.2 Å². The summed E-state index contributed by atoms with van der Waals surface area (Å²) in [6, 6.07) is 5.57. The number of nitrogens with zero attached hydrogens (tertiary/aromatic N) is 3. The van der Waals surface area contributed by atoms with E-state index < -0.39 is 30.2 Å². The van der Waals surface area contributed by atoms with Crippen molar-refractivity contribution >= 4 is 45.3 Å². The molecule has 2 aromatic heterocycles. The van der Waals surface area contributed by atoms with Gasteiger partial charge < -0.3 is 0 Å². The molecule has 0 radical (unpaired) electrons. The van der Waals surface area contributed by atoms with Gasteiger partial charge in [0, 0.05) is 0 Å². The summed E-state index contributed by atoms with van der Waals surface area (Å²) in [4.78, 5) is 16.3. The van der Waals surface area contributed by atoms with Gasteiger partial charge in [-0.25, -0.2) is 0 Å². The van der Waals surface area contributed by atoms with E-state index >= 15 is 0 Å². The number of hydrogen-bond donors (Lipinski definition) is 1. The second-order valence-corrected chi connectivity index (χ2v) is 23.3. The van der Waals surface area contributed by atoms with Crippen LogP contribution in [0.4, 0.5) is 13.2 Å². The summed E-state index contributed by atoms with van der Waals surface area (Å²) in [5.41, 5.74) is -0.487. The zero-order valence-electron chi connectivity index (χ0n) is 21.0. The van der Waals surface area contributed by atoms with Crippen LogP contribution in [0.5, 0.6) is 0 Å². The van der Waals surface area contributed by atoms with E-state index in [1.54, 1.807) is 6.07 Å². The van der Waals surface area contributed by atoms with Crippen LogP contribution in [-0.4, -0.2) is 38.3 Å². The predicted octanol–water partition coefficient (Wildman–Crippen LogP) is 8.92. The molecule has 1 aromatic carbocycles. The van der Waals surface area contributed by atoms with Gasteiger partial charge in [0.2, 0.25) is 0 Å². The van der Waals surface area contributed by atoms with Crippen molar-refractivity contribution in [2.45, 2.75) is 78.8 Å². The molecule has 4 nitrogen and oxygen atoms in total. The van der Waals surface area contributed by atoms with Crippen LogP contribution >= 0.6 is 23.2 Å². The number of aromatic amines is 1. The van der Waals surface area contributed by atoms with Crippen LogP contribution in [0.2, 0.25) is 23.4 Å². The average molecular weight is 648 g/mol. The summed E-state index contributed by atoms with van der Waals surface area (Å²) in [6.07, 6.45) is 4.10. The van der Waals surface area contributed by atoms with Crippen molar-refractivity contribution in [3.8, 4) is 22.9 Å². The summed E-state index contributed by atoms with van der Waals surface area (Å²) < 4.78 is 46.1. The standard InChI is InChI=1S/C14H6Cl2F3N4.3C4H9.Sn/c15-8-2-1-7(5-9(8)16)10-6-11(14(17,18)19)23-13(22-10)12-20-3-4-21-12;3*1-3-4-2;/h1-3,5-6H,(H,20,21);3*1,3-4H2,2H3;. The van der Waals surface area contributed by atoms with Gasteiger partial charge in [0.15, 0.2) is 0 Å². The van der Waals surface area contributed by atoms with E-state index in [0.29, 0.717) is 10.6 Å². The van der Waals surface area contributed by atoms with Crippen LogP contribution in [-0.2, 0) is 6.18 Å². The number of aromatic nitrogens is 4. The maximum absolute atomic E-state index is 13.8. The number of H-pyrrole nitrogens is 1. The first-order chi connectivity index (χ1) is 17.1. The summed E-state index contributed by atoms with van der Waals surface area (Å²) in [6.45, 7) is 6.61. The quantitative estimate of drug-likeness (QED) is 0.200. The second kappa shape index (κ2) is 13.0. The molecule has 0 aliphatic carbocycles. The van der Waals surface area contributed by atoms with Gasteiger partial charge in [-0.05, 0) is 0 Å². The zero-order valence-corrected chi connectivity index (χ0v) is 25.3. The monoisotopic (exact) mass is 648 g/mol. The second-order valence-electron chi connectivity index (χ2n) is 9.33. The van der Waals surface area contributed by atoms with Crippen LogP contribution in [0.25, 0.3) is 22.9 Å². The number of rotatable bonds is 12. The number of alkyl halides is 3. The molecule has 0 unspecified atom stereocenters. The van der Waals surface area contributed by atoms with Crippen LogP contribution in [0.3, 0.4) is 0 Å². The van der Waals surface area contributed by atoms with Gasteiger partial charge in [0.25, 0.3) is 0 Å². The Morgan fingerprint density at radius 2 is 1.47 bits per heavy atom. The number of hydrogen-bond acceptors (Lipinski definition) is 3. The fourth-order valence-corrected chi connectivity index (χ4v) is 20.2. The van der Waals surface area contributed by atoms with Crippen molar-refractivity contribution < 1.29 is 13.2 Å². The van der Waals surface area contributed by atoms with E-state index in [-0.39, 0.29) is 22.4 Å². The molecule has 0 fully saturated rings. The van der Waals surface area contributed by atoms with E-state index in [1.807, 2.05) is 6.20 Å². The Labute approximate surface area is 225 Å². The number of imidazole rings is 1. The Morgan fingerprint density at radius 3 is 2.00 bits per heavy atom. The minimum atomic E-state index is -4.63. The molecule has 0 atom stereocenters. The molecular weight excluding hydrogens is 615 g/mol. The van der Waals surface area contributed by atoms with E-state index in [0.717, 1.165) is 29.0 Å². The first kappa shape index (κ1) is 29.2. The van der Waals surface area contributed by atoms with Crippen molar-refractivity contribution in [1.82, 2.24) is 19.9 Å². The number of unbranched alkanes of at least 4 members (excludes halogenated alkanes) is 3. The molecule has 2 heterocycles. The first-order valence-corrected chi connectivity index (χ1v) is 20.8. The Hall–Kier alpha value is -1.32. The molecule has 0 aliphatic heterocycles. The Morgan fingerprint density at radius 1 is 0.861 bits per heavy atom. The molecule has 3 aromatic rings. The van der Waals surface area contributed by atoms with Crippen molar-refractivity contribution in [3.05, 3.63) is 46.2 Å². The predicted molar refractivity (Wildman–Crippen MR) is 145 cm³/mol. The minimum absolute atomic E-state index is 0.0705. The normalized spacial score (nSPS) is 12.3. The van der Waals surface area contributed by atoms with Crippen LogP contribution in [0, 0.1) is 0 Å².